The second-order valence-corrected chi connectivity index (χ2v) is 4.39. The van der Waals surface area contributed by atoms with E-state index in [1.165, 1.54) is 0 Å². The maximum absolute atomic E-state index is 12.0. The third kappa shape index (κ3) is 1.64. The summed E-state index contributed by atoms with van der Waals surface area (Å²) in [4.78, 5) is 35.4. The molecule has 0 bridgehead atoms. The summed E-state index contributed by atoms with van der Waals surface area (Å²) in [7, 11) is 0. The van der Waals surface area contributed by atoms with Crippen molar-refractivity contribution >= 4 is 17.8 Å². The molecule has 0 unspecified atom stereocenters. The Morgan fingerprint density at radius 3 is 2.56 bits per heavy atom. The number of hydrogen-bond acceptors (Lipinski definition) is 3. The molecule has 88 valence electrons. The van der Waals surface area contributed by atoms with Crippen molar-refractivity contribution in [1.29, 1.82) is 0 Å². The molecule has 1 saturated carbocycles. The molecule has 0 atom stereocenters. The van der Waals surface area contributed by atoms with Crippen molar-refractivity contribution in [2.24, 2.45) is 5.73 Å². The van der Waals surface area contributed by atoms with Crippen LogP contribution in [0.2, 0.25) is 0 Å². The van der Waals surface area contributed by atoms with Crippen LogP contribution >= 0.6 is 0 Å². The van der Waals surface area contributed by atoms with Gasteiger partial charge in [-0.3, -0.25) is 14.5 Å². The maximum Gasteiger partial charge on any atom is 0.325 e. The number of carbonyl (C=O) groups excluding carboxylic acids is 3. The third-order valence-corrected chi connectivity index (χ3v) is 3.28. The van der Waals surface area contributed by atoms with Gasteiger partial charge in [0, 0.05) is 13.0 Å². The minimum atomic E-state index is -0.686. The van der Waals surface area contributed by atoms with Crippen molar-refractivity contribution < 1.29 is 14.4 Å². The second kappa shape index (κ2) is 3.77. The molecular formula is C10H15N3O3. The molecule has 0 aromatic rings. The Kier molecular flexibility index (Phi) is 2.57. The van der Waals surface area contributed by atoms with Gasteiger partial charge in [-0.2, -0.15) is 0 Å². The van der Waals surface area contributed by atoms with E-state index in [0.29, 0.717) is 12.8 Å². The van der Waals surface area contributed by atoms with Gasteiger partial charge in [0.05, 0.1) is 0 Å². The first-order valence-electron chi connectivity index (χ1n) is 5.48. The molecule has 6 nitrogen and oxygen atoms in total. The molecule has 1 aliphatic carbocycles. The molecule has 1 aliphatic heterocycles. The summed E-state index contributed by atoms with van der Waals surface area (Å²) in [5.74, 6) is -0.704. The molecule has 0 radical (unpaired) electrons. The molecule has 0 aromatic heterocycles. The number of urea groups is 1. The van der Waals surface area contributed by atoms with Gasteiger partial charge in [0.25, 0.3) is 5.91 Å². The predicted molar refractivity (Wildman–Crippen MR) is 55.3 cm³/mol. The molecule has 0 aromatic carbocycles. The average Bonchev–Trinajstić information content (AvgIpc) is 2.74. The molecule has 2 fully saturated rings. The number of nitrogens with zero attached hydrogens (tertiary/aromatic N) is 1. The van der Waals surface area contributed by atoms with Gasteiger partial charge in [0.15, 0.2) is 0 Å². The van der Waals surface area contributed by atoms with Crippen molar-refractivity contribution in [3.8, 4) is 0 Å². The predicted octanol–water partition coefficient (Wildman–Crippen LogP) is -0.274. The summed E-state index contributed by atoms with van der Waals surface area (Å²) >= 11 is 0. The lowest BCUT2D eigenvalue weighted by molar-refractivity contribution is -0.131. The molecule has 16 heavy (non-hydrogen) atoms. The standard InChI is InChI=1S/C10H15N3O3/c11-7(14)3-6-13-8(15)10(12-9(13)16)4-1-2-5-10/h1-6H2,(H2,11,14)(H,12,16). The number of nitrogens with one attached hydrogen (secondary N) is 1. The fourth-order valence-corrected chi connectivity index (χ4v) is 2.42. The van der Waals surface area contributed by atoms with Crippen molar-refractivity contribution in [3.63, 3.8) is 0 Å². The zero-order valence-corrected chi connectivity index (χ0v) is 8.99. The van der Waals surface area contributed by atoms with Crippen LogP contribution in [-0.4, -0.2) is 34.8 Å². The van der Waals surface area contributed by atoms with Crippen molar-refractivity contribution in [1.82, 2.24) is 10.2 Å². The van der Waals surface area contributed by atoms with E-state index >= 15 is 0 Å². The summed E-state index contributed by atoms with van der Waals surface area (Å²) in [6.07, 6.45) is 3.33. The molecule has 4 amide bonds. The summed E-state index contributed by atoms with van der Waals surface area (Å²) < 4.78 is 0. The number of amides is 4. The second-order valence-electron chi connectivity index (χ2n) is 4.39. The topological polar surface area (TPSA) is 92.5 Å². The number of nitrogens with two attached hydrogens (primary N) is 1. The van der Waals surface area contributed by atoms with Crippen molar-refractivity contribution in [3.05, 3.63) is 0 Å². The van der Waals surface area contributed by atoms with Crippen LogP contribution in [0.1, 0.15) is 32.1 Å². The molecule has 1 spiro atoms. The summed E-state index contributed by atoms with van der Waals surface area (Å²) in [5, 5.41) is 2.74. The van der Waals surface area contributed by atoms with Crippen LogP contribution in [0.5, 0.6) is 0 Å². The lowest BCUT2D eigenvalue weighted by Gasteiger charge is -2.19. The summed E-state index contributed by atoms with van der Waals surface area (Å²) in [6, 6.07) is -0.395. The monoisotopic (exact) mass is 225 g/mol. The van der Waals surface area contributed by atoms with Crippen molar-refractivity contribution in [2.45, 2.75) is 37.6 Å². The number of primary amides is 1. The van der Waals surface area contributed by atoms with Gasteiger partial charge in [-0.1, -0.05) is 12.8 Å². The number of carbonyl (C=O) groups is 3. The third-order valence-electron chi connectivity index (χ3n) is 3.28. The zero-order chi connectivity index (χ0) is 11.8. The van der Waals surface area contributed by atoms with E-state index in [1.54, 1.807) is 0 Å². The van der Waals surface area contributed by atoms with Crippen LogP contribution in [0.15, 0.2) is 0 Å². The molecule has 6 heteroatoms. The minimum Gasteiger partial charge on any atom is -0.370 e. The highest BCUT2D eigenvalue weighted by Gasteiger charge is 2.52. The average molecular weight is 225 g/mol. The first-order chi connectivity index (χ1) is 7.55. The number of imide groups is 1. The summed E-state index contributed by atoms with van der Waals surface area (Å²) in [5.41, 5.74) is 4.31. The Hall–Kier alpha value is -1.59. The van der Waals surface area contributed by atoms with Gasteiger partial charge < -0.3 is 11.1 Å². The lowest BCUT2D eigenvalue weighted by Crippen LogP contribution is -2.44. The largest absolute Gasteiger partial charge is 0.370 e. The van der Waals surface area contributed by atoms with Crippen molar-refractivity contribution in [2.75, 3.05) is 6.54 Å². The molecular weight excluding hydrogens is 210 g/mol. The van der Waals surface area contributed by atoms with Crippen LogP contribution in [0, 0.1) is 0 Å². The first kappa shape index (κ1) is 10.9. The molecule has 1 saturated heterocycles. The van der Waals surface area contributed by atoms with E-state index in [4.69, 9.17) is 5.73 Å². The van der Waals surface area contributed by atoms with E-state index in [2.05, 4.69) is 5.32 Å². The van der Waals surface area contributed by atoms with Gasteiger partial charge in [0.2, 0.25) is 5.91 Å². The Morgan fingerprint density at radius 1 is 1.38 bits per heavy atom. The van der Waals surface area contributed by atoms with Crippen LogP contribution in [0.25, 0.3) is 0 Å². The maximum atomic E-state index is 12.0. The van der Waals surface area contributed by atoms with E-state index in [9.17, 15) is 14.4 Å². The van der Waals surface area contributed by atoms with E-state index < -0.39 is 17.5 Å². The first-order valence-corrected chi connectivity index (χ1v) is 5.48. The Bertz CT molecular complexity index is 347. The van der Waals surface area contributed by atoms with Gasteiger partial charge in [-0.15, -0.1) is 0 Å². The molecule has 3 N–H and O–H groups in total. The highest BCUT2D eigenvalue weighted by atomic mass is 16.2. The van der Waals surface area contributed by atoms with Gasteiger partial charge in [0.1, 0.15) is 5.54 Å². The molecule has 2 aliphatic rings. The highest BCUT2D eigenvalue weighted by Crippen LogP contribution is 2.34. The zero-order valence-electron chi connectivity index (χ0n) is 8.99. The smallest absolute Gasteiger partial charge is 0.325 e. The lowest BCUT2D eigenvalue weighted by atomic mass is 9.98. The highest BCUT2D eigenvalue weighted by molar-refractivity contribution is 6.07. The number of rotatable bonds is 3. The Labute approximate surface area is 93.1 Å². The Balaban J connectivity index is 2.07. The van der Waals surface area contributed by atoms with E-state index in [0.717, 1.165) is 17.7 Å². The molecule has 2 rings (SSSR count). The van der Waals surface area contributed by atoms with Gasteiger partial charge >= 0.3 is 6.03 Å². The fraction of sp³-hybridized carbons (Fsp3) is 0.700. The van der Waals surface area contributed by atoms with Crippen LogP contribution in [0.3, 0.4) is 0 Å². The van der Waals surface area contributed by atoms with Gasteiger partial charge in [-0.25, -0.2) is 4.79 Å². The van der Waals surface area contributed by atoms with E-state index in [1.807, 2.05) is 0 Å². The fourth-order valence-electron chi connectivity index (χ4n) is 2.42. The SMILES string of the molecule is NC(=O)CCN1C(=O)NC2(CCCC2)C1=O. The summed E-state index contributed by atoms with van der Waals surface area (Å²) in [6.45, 7) is 0.0851. The van der Waals surface area contributed by atoms with E-state index in [-0.39, 0.29) is 18.9 Å². The quantitative estimate of drug-likeness (QED) is 0.647. The van der Waals surface area contributed by atoms with Crippen LogP contribution in [-0.2, 0) is 9.59 Å². The minimum absolute atomic E-state index is 0.0231. The van der Waals surface area contributed by atoms with Crippen LogP contribution in [0.4, 0.5) is 4.79 Å². The van der Waals surface area contributed by atoms with Gasteiger partial charge in [-0.05, 0) is 12.8 Å². The number of hydrogen-bond donors (Lipinski definition) is 2. The molecule has 1 heterocycles. The van der Waals surface area contributed by atoms with Crippen LogP contribution < -0.4 is 11.1 Å². The normalized spacial score (nSPS) is 22.9. The Morgan fingerprint density at radius 2 is 2.00 bits per heavy atom.